The predicted molar refractivity (Wildman–Crippen MR) is 89.6 cm³/mol. The van der Waals surface area contributed by atoms with Crippen LogP contribution in [0, 0.1) is 18.8 Å². The number of H-pyrrole nitrogens is 1. The molecule has 23 heavy (non-hydrogen) atoms. The Labute approximate surface area is 138 Å². The quantitative estimate of drug-likeness (QED) is 0.931. The minimum Gasteiger partial charge on any atom is -0.381 e. The number of piperidine rings is 1. The molecule has 3 rings (SSSR count). The highest BCUT2D eigenvalue weighted by Gasteiger charge is 2.32. The highest BCUT2D eigenvalue weighted by molar-refractivity contribution is 5.96. The number of aromatic amines is 1. The van der Waals surface area contributed by atoms with Crippen LogP contribution in [0.5, 0.6) is 0 Å². The largest absolute Gasteiger partial charge is 0.381 e. The van der Waals surface area contributed by atoms with E-state index in [0.29, 0.717) is 5.92 Å². The smallest absolute Gasteiger partial charge is 0.257 e. The molecule has 2 saturated heterocycles. The van der Waals surface area contributed by atoms with E-state index >= 15 is 0 Å². The maximum absolute atomic E-state index is 12.9. The number of aromatic nitrogens is 2. The van der Waals surface area contributed by atoms with Crippen LogP contribution in [0.15, 0.2) is 0 Å². The van der Waals surface area contributed by atoms with Crippen LogP contribution in [0.4, 0.5) is 0 Å². The lowest BCUT2D eigenvalue weighted by molar-refractivity contribution is 0.0140. The van der Waals surface area contributed by atoms with Gasteiger partial charge >= 0.3 is 0 Å². The highest BCUT2D eigenvalue weighted by Crippen LogP contribution is 2.31. The van der Waals surface area contributed by atoms with Gasteiger partial charge in [0.05, 0.1) is 11.3 Å². The Morgan fingerprint density at radius 3 is 2.61 bits per heavy atom. The number of nitrogens with one attached hydrogen (secondary N) is 1. The van der Waals surface area contributed by atoms with Gasteiger partial charge in [-0.1, -0.05) is 13.8 Å². The molecule has 0 saturated carbocycles. The first kappa shape index (κ1) is 16.5. The molecule has 0 bridgehead atoms. The number of hydrogen-bond donors (Lipinski definition) is 1. The van der Waals surface area contributed by atoms with Gasteiger partial charge in [-0.3, -0.25) is 9.89 Å². The van der Waals surface area contributed by atoms with Crippen molar-refractivity contribution in [3.63, 3.8) is 0 Å². The van der Waals surface area contributed by atoms with Gasteiger partial charge in [0, 0.05) is 32.0 Å². The van der Waals surface area contributed by atoms with E-state index in [9.17, 15) is 4.79 Å². The van der Waals surface area contributed by atoms with Crippen LogP contribution in [-0.2, 0) is 4.74 Å². The summed E-state index contributed by atoms with van der Waals surface area (Å²) in [5.74, 6) is 1.83. The molecule has 1 aromatic rings. The highest BCUT2D eigenvalue weighted by atomic mass is 16.5. The molecule has 1 N–H and O–H groups in total. The normalized spacial score (nSPS) is 23.5. The Morgan fingerprint density at radius 2 is 2.00 bits per heavy atom. The Hall–Kier alpha value is -1.36. The lowest BCUT2D eigenvalue weighted by atomic mass is 9.81. The number of amides is 1. The Kier molecular flexibility index (Phi) is 5.05. The second-order valence-corrected chi connectivity index (χ2v) is 7.37. The van der Waals surface area contributed by atoms with Gasteiger partial charge in [-0.2, -0.15) is 5.10 Å². The van der Waals surface area contributed by atoms with E-state index in [1.165, 1.54) is 12.8 Å². The number of hydrogen-bond acceptors (Lipinski definition) is 3. The van der Waals surface area contributed by atoms with Crippen molar-refractivity contribution in [1.82, 2.24) is 15.1 Å². The summed E-state index contributed by atoms with van der Waals surface area (Å²) >= 11 is 0. The van der Waals surface area contributed by atoms with Gasteiger partial charge in [-0.05, 0) is 50.4 Å². The maximum Gasteiger partial charge on any atom is 0.257 e. The summed E-state index contributed by atoms with van der Waals surface area (Å²) in [6.45, 7) is 9.68. The molecule has 0 aromatic carbocycles. The van der Waals surface area contributed by atoms with E-state index in [1.54, 1.807) is 0 Å². The summed E-state index contributed by atoms with van der Waals surface area (Å²) in [5, 5.41) is 7.32. The van der Waals surface area contributed by atoms with Crippen molar-refractivity contribution in [2.45, 2.75) is 52.4 Å². The van der Waals surface area contributed by atoms with Crippen molar-refractivity contribution in [2.24, 2.45) is 11.8 Å². The number of carbonyl (C=O) groups excluding carboxylic acids is 1. The number of ether oxygens (including phenoxy) is 1. The Bertz CT molecular complexity index is 538. The SMILES string of the molecule is Cc1[nH]nc(C(C)C)c1C(=O)N1CCC(C2CCCOC2)CC1. The third-order valence-corrected chi connectivity index (χ3v) is 5.42. The third-order valence-electron chi connectivity index (χ3n) is 5.42. The zero-order valence-corrected chi connectivity index (χ0v) is 14.6. The average molecular weight is 319 g/mol. The second-order valence-electron chi connectivity index (χ2n) is 7.37. The molecule has 5 heteroatoms. The predicted octanol–water partition coefficient (Wildman–Crippen LogP) is 3.12. The number of carbonyl (C=O) groups is 1. The molecule has 0 radical (unpaired) electrons. The van der Waals surface area contributed by atoms with Crippen LogP contribution >= 0.6 is 0 Å². The van der Waals surface area contributed by atoms with Gasteiger partial charge in [0.2, 0.25) is 0 Å². The molecule has 128 valence electrons. The van der Waals surface area contributed by atoms with Gasteiger partial charge in [-0.15, -0.1) is 0 Å². The fourth-order valence-electron chi connectivity index (χ4n) is 4.01. The van der Waals surface area contributed by atoms with Crippen molar-refractivity contribution >= 4 is 5.91 Å². The van der Waals surface area contributed by atoms with Crippen LogP contribution in [-0.4, -0.2) is 47.3 Å². The van der Waals surface area contributed by atoms with E-state index in [-0.39, 0.29) is 11.8 Å². The molecule has 2 fully saturated rings. The first-order valence-corrected chi connectivity index (χ1v) is 8.99. The first-order chi connectivity index (χ1) is 11.1. The standard InChI is InChI=1S/C18H29N3O2/c1-12(2)17-16(13(3)19-20-17)18(22)21-8-6-14(7-9-21)15-5-4-10-23-11-15/h12,14-15H,4-11H2,1-3H3,(H,19,20). The summed E-state index contributed by atoms with van der Waals surface area (Å²) in [6.07, 6.45) is 4.69. The monoisotopic (exact) mass is 319 g/mol. The molecule has 1 aromatic heterocycles. The zero-order valence-electron chi connectivity index (χ0n) is 14.6. The van der Waals surface area contributed by atoms with E-state index in [0.717, 1.165) is 62.0 Å². The fraction of sp³-hybridized carbons (Fsp3) is 0.778. The molecule has 5 nitrogen and oxygen atoms in total. The molecule has 2 aliphatic rings. The average Bonchev–Trinajstić information content (AvgIpc) is 2.97. The van der Waals surface area contributed by atoms with Gasteiger partial charge in [0.25, 0.3) is 5.91 Å². The van der Waals surface area contributed by atoms with Gasteiger partial charge in [0.1, 0.15) is 0 Å². The molecular formula is C18H29N3O2. The van der Waals surface area contributed by atoms with Crippen molar-refractivity contribution in [1.29, 1.82) is 0 Å². The topological polar surface area (TPSA) is 58.2 Å². The Morgan fingerprint density at radius 1 is 1.26 bits per heavy atom. The Balaban J connectivity index is 1.63. The number of nitrogens with zero attached hydrogens (tertiary/aromatic N) is 2. The number of aryl methyl sites for hydroxylation is 1. The second kappa shape index (κ2) is 7.04. The molecule has 3 heterocycles. The van der Waals surface area contributed by atoms with Crippen molar-refractivity contribution in [2.75, 3.05) is 26.3 Å². The molecule has 2 aliphatic heterocycles. The van der Waals surface area contributed by atoms with Crippen molar-refractivity contribution in [3.8, 4) is 0 Å². The van der Waals surface area contributed by atoms with Crippen LogP contribution < -0.4 is 0 Å². The van der Waals surface area contributed by atoms with Crippen molar-refractivity contribution in [3.05, 3.63) is 17.0 Å². The molecule has 0 aliphatic carbocycles. The molecule has 1 amide bonds. The van der Waals surface area contributed by atoms with Crippen LogP contribution in [0.1, 0.15) is 67.2 Å². The first-order valence-electron chi connectivity index (χ1n) is 8.99. The third kappa shape index (κ3) is 3.44. The van der Waals surface area contributed by atoms with E-state index in [4.69, 9.17) is 4.74 Å². The van der Waals surface area contributed by atoms with Gasteiger partial charge in [-0.25, -0.2) is 0 Å². The molecule has 1 unspecified atom stereocenters. The van der Waals surface area contributed by atoms with Crippen LogP contribution in [0.2, 0.25) is 0 Å². The van der Waals surface area contributed by atoms with Gasteiger partial charge < -0.3 is 9.64 Å². The lowest BCUT2D eigenvalue weighted by Gasteiger charge is -2.37. The van der Waals surface area contributed by atoms with E-state index < -0.39 is 0 Å². The fourth-order valence-corrected chi connectivity index (χ4v) is 4.01. The summed E-state index contributed by atoms with van der Waals surface area (Å²) < 4.78 is 5.63. The van der Waals surface area contributed by atoms with Crippen molar-refractivity contribution < 1.29 is 9.53 Å². The zero-order chi connectivity index (χ0) is 16.4. The summed E-state index contributed by atoms with van der Waals surface area (Å²) in [5.41, 5.74) is 2.58. The van der Waals surface area contributed by atoms with E-state index in [2.05, 4.69) is 24.0 Å². The van der Waals surface area contributed by atoms with Gasteiger partial charge in [0.15, 0.2) is 0 Å². The summed E-state index contributed by atoms with van der Waals surface area (Å²) in [4.78, 5) is 14.9. The number of rotatable bonds is 3. The van der Waals surface area contributed by atoms with Crippen LogP contribution in [0.3, 0.4) is 0 Å². The molecule has 1 atom stereocenters. The lowest BCUT2D eigenvalue weighted by Crippen LogP contribution is -2.41. The minimum atomic E-state index is 0.151. The van der Waals surface area contributed by atoms with E-state index in [1.807, 2.05) is 11.8 Å². The molecular weight excluding hydrogens is 290 g/mol. The summed E-state index contributed by atoms with van der Waals surface area (Å²) in [7, 11) is 0. The summed E-state index contributed by atoms with van der Waals surface area (Å²) in [6, 6.07) is 0. The minimum absolute atomic E-state index is 0.151. The van der Waals surface area contributed by atoms with Crippen LogP contribution in [0.25, 0.3) is 0 Å². The maximum atomic E-state index is 12.9. The molecule has 0 spiro atoms. The number of likely N-dealkylation sites (tertiary alicyclic amines) is 1.